The van der Waals surface area contributed by atoms with E-state index in [4.69, 9.17) is 0 Å². The van der Waals surface area contributed by atoms with Crippen LogP contribution in [0.15, 0.2) is 0 Å². The fourth-order valence-corrected chi connectivity index (χ4v) is 3.47. The Morgan fingerprint density at radius 1 is 0.867 bits per heavy atom. The van der Waals surface area contributed by atoms with E-state index in [0.29, 0.717) is 0 Å². The molecule has 3 saturated heterocycles. The summed E-state index contributed by atoms with van der Waals surface area (Å²) in [7, 11) is 0. The topological polar surface area (TPSA) is 27.3 Å². The number of hydrogen-bond acceptors (Lipinski definition) is 3. The second-order valence-electron chi connectivity index (χ2n) is 5.40. The van der Waals surface area contributed by atoms with E-state index in [1.165, 1.54) is 58.3 Å². The summed E-state index contributed by atoms with van der Waals surface area (Å²) >= 11 is 0. The van der Waals surface area contributed by atoms with Crippen LogP contribution in [0.4, 0.5) is 0 Å². The average Bonchev–Trinajstić information content (AvgIpc) is 2.60. The van der Waals surface area contributed by atoms with E-state index in [9.17, 15) is 0 Å². The van der Waals surface area contributed by atoms with Crippen LogP contribution in [-0.2, 0) is 0 Å². The van der Waals surface area contributed by atoms with Crippen LogP contribution in [0.3, 0.4) is 0 Å². The van der Waals surface area contributed by atoms with Gasteiger partial charge in [0.1, 0.15) is 0 Å². The van der Waals surface area contributed by atoms with E-state index in [-0.39, 0.29) is 0 Å². The summed E-state index contributed by atoms with van der Waals surface area (Å²) in [4.78, 5) is 2.76. The lowest BCUT2D eigenvalue weighted by Crippen LogP contribution is -2.46. The normalized spacial score (nSPS) is 39.2. The van der Waals surface area contributed by atoms with Crippen molar-refractivity contribution in [2.75, 3.05) is 26.2 Å². The highest BCUT2D eigenvalue weighted by atomic mass is 15.2. The van der Waals surface area contributed by atoms with Crippen molar-refractivity contribution in [1.29, 1.82) is 0 Å². The van der Waals surface area contributed by atoms with Crippen LogP contribution in [0.25, 0.3) is 0 Å². The highest BCUT2D eigenvalue weighted by Gasteiger charge is 2.32. The summed E-state index contributed by atoms with van der Waals surface area (Å²) in [6.45, 7) is 5.09. The Bertz CT molecular complexity index is 213. The summed E-state index contributed by atoms with van der Waals surface area (Å²) in [5.74, 6) is 0. The van der Waals surface area contributed by atoms with Crippen molar-refractivity contribution in [2.24, 2.45) is 0 Å². The Kier molecular flexibility index (Phi) is 2.95. The molecule has 3 rings (SSSR count). The highest BCUT2D eigenvalue weighted by Crippen LogP contribution is 2.23. The van der Waals surface area contributed by atoms with Crippen LogP contribution in [0.1, 0.15) is 32.1 Å². The molecule has 3 aliphatic heterocycles. The molecule has 3 fully saturated rings. The molecule has 86 valence electrons. The molecule has 0 aromatic rings. The van der Waals surface area contributed by atoms with Crippen LogP contribution >= 0.6 is 0 Å². The van der Waals surface area contributed by atoms with Crippen LogP contribution < -0.4 is 10.6 Å². The molecule has 0 spiro atoms. The maximum atomic E-state index is 3.76. The summed E-state index contributed by atoms with van der Waals surface area (Å²) in [5, 5.41) is 7.23. The molecule has 0 radical (unpaired) electrons. The van der Waals surface area contributed by atoms with Gasteiger partial charge in [-0.15, -0.1) is 0 Å². The number of hydrogen-bond donors (Lipinski definition) is 2. The first-order valence-electron chi connectivity index (χ1n) is 6.62. The van der Waals surface area contributed by atoms with E-state index in [1.54, 1.807) is 0 Å². The monoisotopic (exact) mass is 209 g/mol. The van der Waals surface area contributed by atoms with Gasteiger partial charge in [-0.3, -0.25) is 4.90 Å². The minimum absolute atomic E-state index is 0.799. The molecule has 0 aromatic carbocycles. The summed E-state index contributed by atoms with van der Waals surface area (Å²) in [6.07, 6.45) is 6.92. The van der Waals surface area contributed by atoms with E-state index < -0.39 is 0 Å². The summed E-state index contributed by atoms with van der Waals surface area (Å²) in [6, 6.07) is 2.50. The molecule has 2 bridgehead atoms. The third-order valence-electron chi connectivity index (χ3n) is 4.38. The predicted octanol–water partition coefficient (Wildman–Crippen LogP) is 0.565. The van der Waals surface area contributed by atoms with Gasteiger partial charge in [0.2, 0.25) is 0 Å². The molecule has 2 atom stereocenters. The first-order valence-corrected chi connectivity index (χ1v) is 6.62. The first kappa shape index (κ1) is 10.1. The van der Waals surface area contributed by atoms with E-state index in [0.717, 1.165) is 18.1 Å². The van der Waals surface area contributed by atoms with Crippen molar-refractivity contribution in [3.63, 3.8) is 0 Å². The first-order chi connectivity index (χ1) is 7.42. The number of piperidine rings is 1. The van der Waals surface area contributed by atoms with Gasteiger partial charge in [-0.2, -0.15) is 0 Å². The van der Waals surface area contributed by atoms with Crippen LogP contribution in [0.2, 0.25) is 0 Å². The van der Waals surface area contributed by atoms with Gasteiger partial charge in [0.15, 0.2) is 0 Å². The number of rotatable bonds is 1. The maximum Gasteiger partial charge on any atom is 0.0198 e. The smallest absolute Gasteiger partial charge is 0.0198 e. The Morgan fingerprint density at radius 2 is 1.67 bits per heavy atom. The van der Waals surface area contributed by atoms with Crippen molar-refractivity contribution in [1.82, 2.24) is 15.5 Å². The molecule has 3 heteroatoms. The lowest BCUT2D eigenvalue weighted by Gasteiger charge is -2.35. The third kappa shape index (κ3) is 2.19. The van der Waals surface area contributed by atoms with E-state index in [1.807, 2.05) is 0 Å². The summed E-state index contributed by atoms with van der Waals surface area (Å²) in [5.41, 5.74) is 0. The van der Waals surface area contributed by atoms with Gasteiger partial charge in [-0.1, -0.05) is 0 Å². The molecule has 0 saturated carbocycles. The number of likely N-dealkylation sites (tertiary alicyclic amines) is 1. The molecule has 0 aliphatic carbocycles. The van der Waals surface area contributed by atoms with Crippen LogP contribution in [0, 0.1) is 0 Å². The quantitative estimate of drug-likeness (QED) is 0.661. The zero-order chi connectivity index (χ0) is 10.1. The molecule has 15 heavy (non-hydrogen) atoms. The zero-order valence-electron chi connectivity index (χ0n) is 9.54. The van der Waals surface area contributed by atoms with E-state index in [2.05, 4.69) is 15.5 Å². The summed E-state index contributed by atoms with van der Waals surface area (Å²) < 4.78 is 0. The SMILES string of the molecule is C1CC(N2CCC3CCC(C2)N3)CCN1. The molecule has 2 unspecified atom stereocenters. The fraction of sp³-hybridized carbons (Fsp3) is 1.00. The number of fused-ring (bicyclic) bond motifs is 2. The zero-order valence-corrected chi connectivity index (χ0v) is 9.54. The molecule has 0 amide bonds. The highest BCUT2D eigenvalue weighted by molar-refractivity contribution is 4.92. The van der Waals surface area contributed by atoms with Crippen molar-refractivity contribution in [3.8, 4) is 0 Å². The lowest BCUT2D eigenvalue weighted by molar-refractivity contribution is 0.155. The predicted molar refractivity (Wildman–Crippen MR) is 62.0 cm³/mol. The van der Waals surface area contributed by atoms with Gasteiger partial charge in [0.05, 0.1) is 0 Å². The number of nitrogens with zero attached hydrogens (tertiary/aromatic N) is 1. The minimum Gasteiger partial charge on any atom is -0.317 e. The fourth-order valence-electron chi connectivity index (χ4n) is 3.47. The van der Waals surface area contributed by atoms with Gasteiger partial charge in [0.25, 0.3) is 0 Å². The van der Waals surface area contributed by atoms with Crippen molar-refractivity contribution in [2.45, 2.75) is 50.2 Å². The largest absolute Gasteiger partial charge is 0.317 e. The molecule has 3 nitrogen and oxygen atoms in total. The molecule has 2 N–H and O–H groups in total. The van der Waals surface area contributed by atoms with Crippen LogP contribution in [0.5, 0.6) is 0 Å². The second kappa shape index (κ2) is 4.40. The van der Waals surface area contributed by atoms with Crippen molar-refractivity contribution in [3.05, 3.63) is 0 Å². The third-order valence-corrected chi connectivity index (χ3v) is 4.38. The minimum atomic E-state index is 0.799. The Balaban J connectivity index is 1.60. The molecule has 3 heterocycles. The van der Waals surface area contributed by atoms with Gasteiger partial charge in [-0.25, -0.2) is 0 Å². The standard InChI is InChI=1S/C12H23N3/c1-2-11-9-15(8-5-10(1)14-11)12-3-6-13-7-4-12/h10-14H,1-9H2. The van der Waals surface area contributed by atoms with Gasteiger partial charge in [-0.05, 0) is 51.7 Å². The Labute approximate surface area is 92.6 Å². The average molecular weight is 209 g/mol. The molecular formula is C12H23N3. The van der Waals surface area contributed by atoms with E-state index >= 15 is 0 Å². The molecule has 3 aliphatic rings. The maximum absolute atomic E-state index is 3.76. The molecule has 0 aromatic heterocycles. The van der Waals surface area contributed by atoms with Gasteiger partial charge < -0.3 is 10.6 Å². The Morgan fingerprint density at radius 3 is 2.53 bits per heavy atom. The van der Waals surface area contributed by atoms with Crippen molar-refractivity contribution < 1.29 is 0 Å². The number of nitrogens with one attached hydrogen (secondary N) is 2. The second-order valence-corrected chi connectivity index (χ2v) is 5.40. The lowest BCUT2D eigenvalue weighted by atomic mass is 10.0. The Hall–Kier alpha value is -0.120. The molecular weight excluding hydrogens is 186 g/mol. The van der Waals surface area contributed by atoms with Gasteiger partial charge in [0, 0.05) is 24.7 Å². The van der Waals surface area contributed by atoms with Gasteiger partial charge >= 0.3 is 0 Å². The van der Waals surface area contributed by atoms with Crippen LogP contribution in [-0.4, -0.2) is 49.2 Å². The van der Waals surface area contributed by atoms with Crippen molar-refractivity contribution >= 4 is 0 Å².